The van der Waals surface area contributed by atoms with Crippen LogP contribution in [0.2, 0.25) is 0 Å². The zero-order valence-corrected chi connectivity index (χ0v) is 8.32. The first kappa shape index (κ1) is 10.1. The number of hydrogen-bond donors (Lipinski definition) is 1. The molecule has 0 unspecified atom stereocenters. The summed E-state index contributed by atoms with van der Waals surface area (Å²) in [7, 11) is 0. The molecule has 16 heavy (non-hydrogen) atoms. The van der Waals surface area contributed by atoms with E-state index in [-0.39, 0.29) is 0 Å². The highest BCUT2D eigenvalue weighted by Crippen LogP contribution is 2.06. The van der Waals surface area contributed by atoms with Crippen molar-refractivity contribution < 1.29 is 9.90 Å². The summed E-state index contributed by atoms with van der Waals surface area (Å²) in [6, 6.07) is 9.47. The lowest BCUT2D eigenvalue weighted by atomic mass is 10.3. The third-order valence-electron chi connectivity index (χ3n) is 1.93. The first-order valence-electron chi connectivity index (χ1n) is 4.64. The number of carbonyl (C=O) groups is 1. The average Bonchev–Trinajstić information content (AvgIpc) is 2.76. The number of aromatic nitrogens is 3. The van der Waals surface area contributed by atoms with Crippen LogP contribution in [-0.2, 0) is 4.79 Å². The molecule has 0 atom stereocenters. The Morgan fingerprint density at radius 3 is 2.75 bits per heavy atom. The molecule has 1 N–H and O–H groups in total. The topological polar surface area (TPSA) is 68.0 Å². The Morgan fingerprint density at radius 2 is 2.06 bits per heavy atom. The first-order valence-corrected chi connectivity index (χ1v) is 4.64. The number of carboxylic acids is 1. The van der Waals surface area contributed by atoms with E-state index in [1.807, 2.05) is 30.3 Å². The molecule has 0 bridgehead atoms. The molecule has 0 fully saturated rings. The molecule has 5 nitrogen and oxygen atoms in total. The van der Waals surface area contributed by atoms with Crippen LogP contribution in [0.3, 0.4) is 0 Å². The number of carboxylic acid groups (broad SMARTS) is 1. The van der Waals surface area contributed by atoms with Gasteiger partial charge in [-0.15, -0.1) is 5.10 Å². The van der Waals surface area contributed by atoms with Gasteiger partial charge in [0.15, 0.2) is 0 Å². The van der Waals surface area contributed by atoms with Crippen molar-refractivity contribution in [3.05, 3.63) is 48.3 Å². The van der Waals surface area contributed by atoms with Gasteiger partial charge in [0.2, 0.25) is 0 Å². The van der Waals surface area contributed by atoms with Gasteiger partial charge in [0.1, 0.15) is 5.69 Å². The van der Waals surface area contributed by atoms with Gasteiger partial charge in [0.25, 0.3) is 0 Å². The Labute approximate surface area is 91.6 Å². The Morgan fingerprint density at radius 1 is 1.31 bits per heavy atom. The molecule has 1 heterocycles. The SMILES string of the molecule is O=C(O)C=Cc1cn(-c2ccccc2)nn1. The van der Waals surface area contributed by atoms with Crippen LogP contribution >= 0.6 is 0 Å². The highest BCUT2D eigenvalue weighted by atomic mass is 16.4. The van der Waals surface area contributed by atoms with Gasteiger partial charge in [-0.3, -0.25) is 0 Å². The van der Waals surface area contributed by atoms with Crippen LogP contribution < -0.4 is 0 Å². The lowest BCUT2D eigenvalue weighted by Crippen LogP contribution is -1.93. The summed E-state index contributed by atoms with van der Waals surface area (Å²) in [4.78, 5) is 10.3. The molecule has 5 heteroatoms. The highest BCUT2D eigenvalue weighted by molar-refractivity contribution is 5.84. The molecule has 0 aliphatic carbocycles. The van der Waals surface area contributed by atoms with E-state index < -0.39 is 5.97 Å². The van der Waals surface area contributed by atoms with Crippen LogP contribution in [-0.4, -0.2) is 26.1 Å². The predicted octanol–water partition coefficient (Wildman–Crippen LogP) is 1.37. The normalized spacial score (nSPS) is 10.8. The molecule has 2 aromatic rings. The van der Waals surface area contributed by atoms with E-state index in [1.54, 1.807) is 10.9 Å². The second-order valence-corrected chi connectivity index (χ2v) is 3.10. The van der Waals surface area contributed by atoms with E-state index in [4.69, 9.17) is 5.11 Å². The van der Waals surface area contributed by atoms with Crippen LogP contribution in [0.5, 0.6) is 0 Å². The maximum atomic E-state index is 10.3. The molecular weight excluding hydrogens is 206 g/mol. The van der Waals surface area contributed by atoms with Gasteiger partial charge >= 0.3 is 5.97 Å². The number of benzene rings is 1. The van der Waals surface area contributed by atoms with Crippen molar-refractivity contribution in [1.82, 2.24) is 15.0 Å². The monoisotopic (exact) mass is 215 g/mol. The van der Waals surface area contributed by atoms with Crippen molar-refractivity contribution in [2.45, 2.75) is 0 Å². The van der Waals surface area contributed by atoms with Gasteiger partial charge in [0, 0.05) is 6.08 Å². The largest absolute Gasteiger partial charge is 0.478 e. The maximum Gasteiger partial charge on any atom is 0.328 e. The first-order chi connectivity index (χ1) is 7.75. The van der Waals surface area contributed by atoms with E-state index in [0.29, 0.717) is 5.69 Å². The third-order valence-corrected chi connectivity index (χ3v) is 1.93. The molecule has 80 valence electrons. The van der Waals surface area contributed by atoms with Gasteiger partial charge in [0.05, 0.1) is 11.9 Å². The second-order valence-electron chi connectivity index (χ2n) is 3.10. The number of aliphatic carboxylic acids is 1. The molecule has 0 saturated carbocycles. The summed E-state index contributed by atoms with van der Waals surface area (Å²) in [5.74, 6) is -1.01. The lowest BCUT2D eigenvalue weighted by molar-refractivity contribution is -0.131. The van der Waals surface area contributed by atoms with Crippen molar-refractivity contribution in [2.24, 2.45) is 0 Å². The number of para-hydroxylation sites is 1. The fourth-order valence-corrected chi connectivity index (χ4v) is 1.22. The zero-order chi connectivity index (χ0) is 11.4. The van der Waals surface area contributed by atoms with Crippen molar-refractivity contribution in [3.8, 4) is 5.69 Å². The average molecular weight is 215 g/mol. The molecule has 0 saturated heterocycles. The third kappa shape index (κ3) is 2.33. The smallest absolute Gasteiger partial charge is 0.328 e. The fourth-order valence-electron chi connectivity index (χ4n) is 1.22. The van der Waals surface area contributed by atoms with Crippen molar-refractivity contribution in [3.63, 3.8) is 0 Å². The standard InChI is InChI=1S/C11H9N3O2/c15-11(16)7-6-9-8-14(13-12-9)10-4-2-1-3-5-10/h1-8H,(H,15,16). The highest BCUT2D eigenvalue weighted by Gasteiger charge is 1.99. The molecular formula is C11H9N3O2. The Balaban J connectivity index is 2.23. The summed E-state index contributed by atoms with van der Waals surface area (Å²) in [5.41, 5.74) is 1.39. The minimum Gasteiger partial charge on any atom is -0.478 e. The van der Waals surface area contributed by atoms with Crippen LogP contribution in [0, 0.1) is 0 Å². The van der Waals surface area contributed by atoms with Crippen molar-refractivity contribution >= 4 is 12.0 Å². The van der Waals surface area contributed by atoms with E-state index in [0.717, 1.165) is 11.8 Å². The second kappa shape index (κ2) is 4.39. The van der Waals surface area contributed by atoms with E-state index in [1.165, 1.54) is 6.08 Å². The Kier molecular flexibility index (Phi) is 2.77. The van der Waals surface area contributed by atoms with Crippen molar-refractivity contribution in [1.29, 1.82) is 0 Å². The van der Waals surface area contributed by atoms with Crippen molar-refractivity contribution in [2.75, 3.05) is 0 Å². The fraction of sp³-hybridized carbons (Fsp3) is 0. The number of hydrogen-bond acceptors (Lipinski definition) is 3. The molecule has 1 aromatic carbocycles. The molecule has 0 aliphatic rings. The predicted molar refractivity (Wildman–Crippen MR) is 58.0 cm³/mol. The summed E-state index contributed by atoms with van der Waals surface area (Å²) in [5, 5.41) is 16.2. The number of rotatable bonds is 3. The molecule has 0 spiro atoms. The number of nitrogens with zero attached hydrogens (tertiary/aromatic N) is 3. The maximum absolute atomic E-state index is 10.3. The summed E-state index contributed by atoms with van der Waals surface area (Å²) in [6.07, 6.45) is 4.09. The van der Waals surface area contributed by atoms with E-state index in [9.17, 15) is 4.79 Å². The Hall–Kier alpha value is -2.43. The summed E-state index contributed by atoms with van der Waals surface area (Å²) in [6.45, 7) is 0. The van der Waals surface area contributed by atoms with Gasteiger partial charge in [-0.2, -0.15) is 0 Å². The lowest BCUT2D eigenvalue weighted by Gasteiger charge is -1.96. The molecule has 2 rings (SSSR count). The van der Waals surface area contributed by atoms with Crippen LogP contribution in [0.15, 0.2) is 42.6 Å². The molecule has 0 aliphatic heterocycles. The van der Waals surface area contributed by atoms with Gasteiger partial charge in [-0.1, -0.05) is 23.4 Å². The van der Waals surface area contributed by atoms with Gasteiger partial charge in [-0.05, 0) is 18.2 Å². The molecule has 0 amide bonds. The van der Waals surface area contributed by atoms with E-state index in [2.05, 4.69) is 10.3 Å². The van der Waals surface area contributed by atoms with E-state index >= 15 is 0 Å². The molecule has 1 aromatic heterocycles. The minimum atomic E-state index is -1.01. The summed E-state index contributed by atoms with van der Waals surface area (Å²) < 4.78 is 1.58. The van der Waals surface area contributed by atoms with Crippen LogP contribution in [0.4, 0.5) is 0 Å². The minimum absolute atomic E-state index is 0.506. The van der Waals surface area contributed by atoms with Crippen LogP contribution in [0.25, 0.3) is 11.8 Å². The Bertz CT molecular complexity index is 517. The summed E-state index contributed by atoms with van der Waals surface area (Å²) >= 11 is 0. The zero-order valence-electron chi connectivity index (χ0n) is 8.32. The van der Waals surface area contributed by atoms with Gasteiger partial charge in [-0.25, -0.2) is 9.48 Å². The quantitative estimate of drug-likeness (QED) is 0.785. The molecule has 0 radical (unpaired) electrons. The van der Waals surface area contributed by atoms with Gasteiger partial charge < -0.3 is 5.11 Å². The van der Waals surface area contributed by atoms with Crippen LogP contribution in [0.1, 0.15) is 5.69 Å².